The summed E-state index contributed by atoms with van der Waals surface area (Å²) in [6, 6.07) is 8.89. The highest BCUT2D eigenvalue weighted by atomic mass is 16.5. The van der Waals surface area contributed by atoms with Crippen molar-refractivity contribution in [3.8, 4) is 11.5 Å². The quantitative estimate of drug-likeness (QED) is 0.642. The molecule has 0 radical (unpaired) electrons. The Kier molecular flexibility index (Phi) is 6.14. The van der Waals surface area contributed by atoms with Crippen LogP contribution in [0, 0.1) is 0 Å². The van der Waals surface area contributed by atoms with Gasteiger partial charge in [-0.25, -0.2) is 0 Å². The van der Waals surface area contributed by atoms with Crippen LogP contribution < -0.4 is 9.47 Å². The molecule has 1 saturated heterocycles. The Hall–Kier alpha value is -3.39. The van der Waals surface area contributed by atoms with Crippen LogP contribution in [0.4, 0.5) is 0 Å². The van der Waals surface area contributed by atoms with Crippen LogP contribution in [0.25, 0.3) is 5.57 Å². The fourth-order valence-corrected chi connectivity index (χ4v) is 4.29. The standard InChI is InChI=1S/C24H27N3O5/c1-15-12-26(13-16(2)32-15)22-21(18-7-8-19(30-3)20(10-18)31-4)23(28)27(24(22)29)14-17-6-5-9-25-11-17/h5-11,15-16H,12-14H2,1-4H3. The zero-order valence-corrected chi connectivity index (χ0v) is 18.7. The molecule has 2 amide bonds. The number of morpholine rings is 1. The Morgan fingerprint density at radius 2 is 1.75 bits per heavy atom. The Morgan fingerprint density at radius 3 is 2.38 bits per heavy atom. The summed E-state index contributed by atoms with van der Waals surface area (Å²) in [6.45, 7) is 5.13. The van der Waals surface area contributed by atoms with Gasteiger partial charge in [0.15, 0.2) is 11.5 Å². The molecule has 0 N–H and O–H groups in total. The third-order valence-electron chi connectivity index (χ3n) is 5.62. The van der Waals surface area contributed by atoms with E-state index in [1.807, 2.05) is 24.8 Å². The molecular weight excluding hydrogens is 410 g/mol. The number of carbonyl (C=O) groups is 2. The Labute approximate surface area is 187 Å². The van der Waals surface area contributed by atoms with Crippen LogP contribution in [0.5, 0.6) is 11.5 Å². The van der Waals surface area contributed by atoms with E-state index in [2.05, 4.69) is 4.98 Å². The van der Waals surface area contributed by atoms with E-state index in [0.717, 1.165) is 5.56 Å². The van der Waals surface area contributed by atoms with Crippen molar-refractivity contribution >= 4 is 17.4 Å². The predicted octanol–water partition coefficient (Wildman–Crippen LogP) is 2.49. The number of carbonyl (C=O) groups excluding carboxylic acids is 2. The molecule has 32 heavy (non-hydrogen) atoms. The largest absolute Gasteiger partial charge is 0.493 e. The number of nitrogens with zero attached hydrogens (tertiary/aromatic N) is 3. The highest BCUT2D eigenvalue weighted by Crippen LogP contribution is 2.37. The molecule has 8 nitrogen and oxygen atoms in total. The fraction of sp³-hybridized carbons (Fsp3) is 0.375. The van der Waals surface area contributed by atoms with Gasteiger partial charge in [-0.3, -0.25) is 19.5 Å². The summed E-state index contributed by atoms with van der Waals surface area (Å²) >= 11 is 0. The molecule has 168 valence electrons. The lowest BCUT2D eigenvalue weighted by Gasteiger charge is -2.37. The van der Waals surface area contributed by atoms with Crippen LogP contribution in [-0.4, -0.2) is 66.1 Å². The summed E-state index contributed by atoms with van der Waals surface area (Å²) in [5.41, 5.74) is 2.15. The summed E-state index contributed by atoms with van der Waals surface area (Å²) in [4.78, 5) is 34.5. The molecular formula is C24H27N3O5. The molecule has 1 aromatic carbocycles. The van der Waals surface area contributed by atoms with Crippen LogP contribution >= 0.6 is 0 Å². The molecule has 1 aromatic heterocycles. The van der Waals surface area contributed by atoms with E-state index in [9.17, 15) is 9.59 Å². The molecule has 0 spiro atoms. The van der Waals surface area contributed by atoms with Gasteiger partial charge in [-0.15, -0.1) is 0 Å². The number of pyridine rings is 1. The Balaban J connectivity index is 1.79. The summed E-state index contributed by atoms with van der Waals surface area (Å²) in [6.07, 6.45) is 3.20. The van der Waals surface area contributed by atoms with E-state index in [1.54, 1.807) is 50.9 Å². The molecule has 2 aliphatic rings. The first-order valence-electron chi connectivity index (χ1n) is 10.5. The van der Waals surface area contributed by atoms with Gasteiger partial charge < -0.3 is 19.1 Å². The number of rotatable bonds is 6. The topological polar surface area (TPSA) is 81.2 Å². The number of ether oxygens (including phenoxy) is 3. The summed E-state index contributed by atoms with van der Waals surface area (Å²) in [7, 11) is 3.09. The van der Waals surface area contributed by atoms with Crippen molar-refractivity contribution in [1.82, 2.24) is 14.8 Å². The van der Waals surface area contributed by atoms with Crippen molar-refractivity contribution in [2.24, 2.45) is 0 Å². The Morgan fingerprint density at radius 1 is 1.03 bits per heavy atom. The molecule has 8 heteroatoms. The Bertz CT molecular complexity index is 1040. The van der Waals surface area contributed by atoms with E-state index in [1.165, 1.54) is 4.90 Å². The maximum Gasteiger partial charge on any atom is 0.278 e. The van der Waals surface area contributed by atoms with Gasteiger partial charge in [-0.2, -0.15) is 0 Å². The summed E-state index contributed by atoms with van der Waals surface area (Å²) in [5.74, 6) is 0.389. The molecule has 0 bridgehead atoms. The molecule has 2 unspecified atom stereocenters. The van der Waals surface area contributed by atoms with Crippen LogP contribution in [0.3, 0.4) is 0 Å². The predicted molar refractivity (Wildman–Crippen MR) is 118 cm³/mol. The van der Waals surface area contributed by atoms with Crippen molar-refractivity contribution < 1.29 is 23.8 Å². The van der Waals surface area contributed by atoms with Crippen molar-refractivity contribution in [3.63, 3.8) is 0 Å². The van der Waals surface area contributed by atoms with E-state index in [-0.39, 0.29) is 30.6 Å². The van der Waals surface area contributed by atoms with Crippen molar-refractivity contribution in [1.29, 1.82) is 0 Å². The minimum absolute atomic E-state index is 0.0619. The lowest BCUT2D eigenvalue weighted by molar-refractivity contribution is -0.139. The number of imide groups is 1. The van der Waals surface area contributed by atoms with Gasteiger partial charge in [0.1, 0.15) is 5.70 Å². The zero-order chi connectivity index (χ0) is 22.8. The first kappa shape index (κ1) is 21.8. The molecule has 3 heterocycles. The van der Waals surface area contributed by atoms with Crippen molar-refractivity contribution in [2.75, 3.05) is 27.3 Å². The molecule has 1 fully saturated rings. The number of aromatic nitrogens is 1. The maximum atomic E-state index is 13.6. The van der Waals surface area contributed by atoms with Crippen LogP contribution in [0.2, 0.25) is 0 Å². The number of amides is 2. The van der Waals surface area contributed by atoms with E-state index < -0.39 is 0 Å². The van der Waals surface area contributed by atoms with Gasteiger partial charge >= 0.3 is 0 Å². The second-order valence-electron chi connectivity index (χ2n) is 8.01. The zero-order valence-electron chi connectivity index (χ0n) is 18.7. The highest BCUT2D eigenvalue weighted by Gasteiger charge is 2.43. The normalized spacial score (nSPS) is 21.4. The molecule has 0 aliphatic carbocycles. The number of hydrogen-bond donors (Lipinski definition) is 0. The van der Waals surface area contributed by atoms with E-state index in [0.29, 0.717) is 41.4 Å². The molecule has 4 rings (SSSR count). The van der Waals surface area contributed by atoms with Gasteiger partial charge in [-0.1, -0.05) is 12.1 Å². The van der Waals surface area contributed by atoms with Crippen LogP contribution in [0.1, 0.15) is 25.0 Å². The van der Waals surface area contributed by atoms with Crippen LogP contribution in [0.15, 0.2) is 48.4 Å². The van der Waals surface area contributed by atoms with Gasteiger partial charge in [0.05, 0.1) is 38.5 Å². The molecule has 2 aliphatic heterocycles. The monoisotopic (exact) mass is 437 g/mol. The third kappa shape index (κ3) is 4.05. The fourth-order valence-electron chi connectivity index (χ4n) is 4.29. The summed E-state index contributed by atoms with van der Waals surface area (Å²) < 4.78 is 16.6. The number of hydrogen-bond acceptors (Lipinski definition) is 7. The first-order chi connectivity index (χ1) is 15.4. The van der Waals surface area contributed by atoms with Crippen molar-refractivity contribution in [2.45, 2.75) is 32.6 Å². The van der Waals surface area contributed by atoms with Gasteiger partial charge in [0.25, 0.3) is 11.8 Å². The first-order valence-corrected chi connectivity index (χ1v) is 10.5. The SMILES string of the molecule is COc1ccc(C2=C(N3CC(C)OC(C)C3)C(=O)N(Cc3cccnc3)C2=O)cc1OC. The number of benzene rings is 1. The highest BCUT2D eigenvalue weighted by molar-refractivity contribution is 6.35. The van der Waals surface area contributed by atoms with E-state index in [4.69, 9.17) is 14.2 Å². The molecule has 2 atom stereocenters. The second-order valence-corrected chi connectivity index (χ2v) is 8.01. The van der Waals surface area contributed by atoms with Gasteiger partial charge in [0, 0.05) is 25.5 Å². The second kappa shape index (κ2) is 9.00. The molecule has 2 aromatic rings. The minimum Gasteiger partial charge on any atom is -0.493 e. The summed E-state index contributed by atoms with van der Waals surface area (Å²) in [5, 5.41) is 0. The average Bonchev–Trinajstić information content (AvgIpc) is 3.03. The molecule has 0 saturated carbocycles. The van der Waals surface area contributed by atoms with Gasteiger partial charge in [0.2, 0.25) is 0 Å². The lowest BCUT2D eigenvalue weighted by Crippen LogP contribution is -2.46. The smallest absolute Gasteiger partial charge is 0.278 e. The lowest BCUT2D eigenvalue weighted by atomic mass is 10.0. The van der Waals surface area contributed by atoms with Crippen LogP contribution in [-0.2, 0) is 20.9 Å². The van der Waals surface area contributed by atoms with E-state index >= 15 is 0 Å². The number of methoxy groups -OCH3 is 2. The third-order valence-corrected chi connectivity index (χ3v) is 5.62. The minimum atomic E-state index is -0.340. The van der Waals surface area contributed by atoms with Gasteiger partial charge in [-0.05, 0) is 43.2 Å². The maximum absolute atomic E-state index is 13.6. The van der Waals surface area contributed by atoms with Crippen molar-refractivity contribution in [3.05, 3.63) is 59.5 Å². The average molecular weight is 437 g/mol.